The van der Waals surface area contributed by atoms with E-state index in [0.29, 0.717) is 13.2 Å². The largest absolute Gasteiger partial charge is 0.379 e. The predicted molar refractivity (Wildman–Crippen MR) is 75.4 cm³/mol. The minimum atomic E-state index is -0.0874. The molecule has 0 radical (unpaired) electrons. The molecule has 5 nitrogen and oxygen atoms in total. The molecule has 0 rings (SSSR count). The van der Waals surface area contributed by atoms with Crippen molar-refractivity contribution in [2.75, 3.05) is 54.5 Å². The van der Waals surface area contributed by atoms with E-state index < -0.39 is 0 Å². The van der Waals surface area contributed by atoms with Crippen LogP contribution in [-0.2, 0) is 4.74 Å². The molecule has 0 aliphatic heterocycles. The average Bonchev–Trinajstić information content (AvgIpc) is 2.36. The lowest BCUT2D eigenvalue weighted by Gasteiger charge is -2.16. The van der Waals surface area contributed by atoms with Crippen molar-refractivity contribution in [3.8, 4) is 12.1 Å². The topological polar surface area (TPSA) is 63.3 Å². The van der Waals surface area contributed by atoms with Gasteiger partial charge in [-0.15, -0.1) is 0 Å². The zero-order chi connectivity index (χ0) is 14.7. The molecular weight excluding hydrogens is 240 g/mol. The highest BCUT2D eigenvalue weighted by molar-refractivity contribution is 4.85. The van der Waals surface area contributed by atoms with E-state index in [2.05, 4.69) is 21.9 Å². The van der Waals surface area contributed by atoms with E-state index in [1.54, 1.807) is 0 Å². The first-order chi connectivity index (χ1) is 8.99. The Morgan fingerprint density at radius 1 is 0.842 bits per heavy atom. The van der Waals surface area contributed by atoms with E-state index in [4.69, 9.17) is 15.3 Å². The average molecular weight is 266 g/mol. The number of rotatable bonds is 10. The summed E-state index contributed by atoms with van der Waals surface area (Å²) in [6, 6.07) is 4.51. The summed E-state index contributed by atoms with van der Waals surface area (Å²) in [5.74, 6) is -0.175. The lowest BCUT2D eigenvalue weighted by atomic mass is 10.1. The second-order valence-electron chi connectivity index (χ2n) is 5.37. The molecule has 0 aliphatic rings. The zero-order valence-electron chi connectivity index (χ0n) is 12.6. The summed E-state index contributed by atoms with van der Waals surface area (Å²) in [5, 5.41) is 18.0. The number of nitrogens with zero attached hydrogens (tertiary/aromatic N) is 4. The normalized spacial score (nSPS) is 14.1. The van der Waals surface area contributed by atoms with E-state index >= 15 is 0 Å². The third-order valence-corrected chi connectivity index (χ3v) is 2.85. The fourth-order valence-corrected chi connectivity index (χ4v) is 1.55. The van der Waals surface area contributed by atoms with Gasteiger partial charge in [-0.05, 0) is 54.1 Å². The van der Waals surface area contributed by atoms with Crippen molar-refractivity contribution < 1.29 is 4.74 Å². The van der Waals surface area contributed by atoms with Crippen LogP contribution in [-0.4, -0.2) is 64.3 Å². The first-order valence-electron chi connectivity index (χ1n) is 6.66. The summed E-state index contributed by atoms with van der Waals surface area (Å²) in [4.78, 5) is 4.11. The van der Waals surface area contributed by atoms with Crippen molar-refractivity contribution in [2.45, 2.75) is 12.8 Å². The predicted octanol–water partition coefficient (Wildman–Crippen LogP) is 1.19. The van der Waals surface area contributed by atoms with Crippen LogP contribution in [0.1, 0.15) is 12.8 Å². The molecule has 0 spiro atoms. The monoisotopic (exact) mass is 266 g/mol. The molecule has 0 aromatic heterocycles. The van der Waals surface area contributed by atoms with Gasteiger partial charge in [-0.1, -0.05) is 0 Å². The second kappa shape index (κ2) is 10.8. The van der Waals surface area contributed by atoms with Gasteiger partial charge in [0.05, 0.1) is 37.2 Å². The number of nitriles is 2. The van der Waals surface area contributed by atoms with Crippen molar-refractivity contribution in [1.82, 2.24) is 9.80 Å². The van der Waals surface area contributed by atoms with Crippen LogP contribution < -0.4 is 0 Å². The van der Waals surface area contributed by atoms with Gasteiger partial charge in [0, 0.05) is 0 Å². The zero-order valence-corrected chi connectivity index (χ0v) is 12.6. The molecule has 0 amide bonds. The molecule has 0 saturated heterocycles. The Balaban J connectivity index is 3.84. The minimum Gasteiger partial charge on any atom is -0.379 e. The van der Waals surface area contributed by atoms with E-state index in [9.17, 15) is 0 Å². The van der Waals surface area contributed by atoms with Gasteiger partial charge >= 0.3 is 0 Å². The highest BCUT2D eigenvalue weighted by atomic mass is 16.5. The molecule has 108 valence electrons. The van der Waals surface area contributed by atoms with Gasteiger partial charge in [0.1, 0.15) is 0 Å². The maximum absolute atomic E-state index is 9.02. The van der Waals surface area contributed by atoms with Crippen molar-refractivity contribution in [2.24, 2.45) is 11.8 Å². The van der Waals surface area contributed by atoms with Gasteiger partial charge in [-0.2, -0.15) is 10.5 Å². The summed E-state index contributed by atoms with van der Waals surface area (Å²) >= 11 is 0. The van der Waals surface area contributed by atoms with E-state index in [0.717, 1.165) is 25.9 Å². The van der Waals surface area contributed by atoms with Crippen LogP contribution in [0.2, 0.25) is 0 Å². The summed E-state index contributed by atoms with van der Waals surface area (Å²) in [6.45, 7) is 2.60. The molecule has 0 aromatic carbocycles. The number of ether oxygens (including phenoxy) is 1. The molecule has 0 heterocycles. The molecule has 2 unspecified atom stereocenters. The summed E-state index contributed by atoms with van der Waals surface area (Å²) in [5.41, 5.74) is 0. The van der Waals surface area contributed by atoms with Gasteiger partial charge in [0.25, 0.3) is 0 Å². The van der Waals surface area contributed by atoms with E-state index in [1.807, 2.05) is 28.2 Å². The third-order valence-electron chi connectivity index (χ3n) is 2.85. The Kier molecular flexibility index (Phi) is 10.1. The van der Waals surface area contributed by atoms with Crippen LogP contribution in [0.4, 0.5) is 0 Å². The van der Waals surface area contributed by atoms with Crippen molar-refractivity contribution in [3.05, 3.63) is 0 Å². The summed E-state index contributed by atoms with van der Waals surface area (Å²) in [7, 11) is 7.95. The molecule has 0 N–H and O–H groups in total. The molecule has 0 bridgehead atoms. The van der Waals surface area contributed by atoms with Gasteiger partial charge < -0.3 is 14.5 Å². The lowest BCUT2D eigenvalue weighted by Crippen LogP contribution is -2.21. The minimum absolute atomic E-state index is 0.0874. The highest BCUT2D eigenvalue weighted by Crippen LogP contribution is 2.07. The van der Waals surface area contributed by atoms with Crippen LogP contribution in [0.25, 0.3) is 0 Å². The van der Waals surface area contributed by atoms with Crippen LogP contribution in [0.15, 0.2) is 0 Å². The van der Waals surface area contributed by atoms with Crippen LogP contribution in [0.3, 0.4) is 0 Å². The molecule has 0 aromatic rings. The quantitative estimate of drug-likeness (QED) is 0.594. The Hall–Kier alpha value is -1.14. The lowest BCUT2D eigenvalue weighted by molar-refractivity contribution is 0.0886. The van der Waals surface area contributed by atoms with Crippen molar-refractivity contribution in [1.29, 1.82) is 10.5 Å². The molecule has 0 aliphatic carbocycles. The Bertz CT molecular complexity index is 274. The summed E-state index contributed by atoms with van der Waals surface area (Å²) in [6.07, 6.45) is 1.61. The maximum atomic E-state index is 9.02. The summed E-state index contributed by atoms with van der Waals surface area (Å²) < 4.78 is 5.52. The van der Waals surface area contributed by atoms with E-state index in [1.165, 1.54) is 0 Å². The standard InChI is InChI=1S/C14H26N4O/c1-17(2)7-5-13(9-15)11-19-12-14(10-16)6-8-18(3)4/h13-14H,5-8,11-12H2,1-4H3. The SMILES string of the molecule is CN(C)CCC(C#N)COCC(C#N)CCN(C)C. The van der Waals surface area contributed by atoms with Gasteiger partial charge in [-0.25, -0.2) is 0 Å². The fourth-order valence-electron chi connectivity index (χ4n) is 1.55. The molecule has 0 saturated carbocycles. The number of hydrogen-bond acceptors (Lipinski definition) is 5. The van der Waals surface area contributed by atoms with Crippen LogP contribution in [0.5, 0.6) is 0 Å². The highest BCUT2D eigenvalue weighted by Gasteiger charge is 2.12. The van der Waals surface area contributed by atoms with Crippen molar-refractivity contribution >= 4 is 0 Å². The second-order valence-corrected chi connectivity index (χ2v) is 5.37. The first kappa shape index (κ1) is 17.9. The number of hydrogen-bond donors (Lipinski definition) is 0. The third kappa shape index (κ3) is 10.5. The van der Waals surface area contributed by atoms with Gasteiger partial charge in [0.15, 0.2) is 0 Å². The molecule has 5 heteroatoms. The molecule has 0 fully saturated rings. The molecule has 19 heavy (non-hydrogen) atoms. The van der Waals surface area contributed by atoms with Crippen LogP contribution >= 0.6 is 0 Å². The van der Waals surface area contributed by atoms with Gasteiger partial charge in [-0.3, -0.25) is 0 Å². The van der Waals surface area contributed by atoms with Crippen LogP contribution in [0, 0.1) is 34.5 Å². The smallest absolute Gasteiger partial charge is 0.0709 e. The fraction of sp³-hybridized carbons (Fsp3) is 0.857. The van der Waals surface area contributed by atoms with Gasteiger partial charge in [0.2, 0.25) is 0 Å². The first-order valence-corrected chi connectivity index (χ1v) is 6.66. The van der Waals surface area contributed by atoms with E-state index in [-0.39, 0.29) is 11.8 Å². The Morgan fingerprint density at radius 2 is 1.21 bits per heavy atom. The molecule has 2 atom stereocenters. The molecular formula is C14H26N4O. The maximum Gasteiger partial charge on any atom is 0.0709 e. The Labute approximate surface area is 117 Å². The Morgan fingerprint density at radius 3 is 1.47 bits per heavy atom. The van der Waals surface area contributed by atoms with Crippen molar-refractivity contribution in [3.63, 3.8) is 0 Å².